The number of benzene rings is 1. The summed E-state index contributed by atoms with van der Waals surface area (Å²) < 4.78 is 5.54. The van der Waals surface area contributed by atoms with Crippen LogP contribution in [0.5, 0.6) is 5.75 Å². The molecule has 2 fully saturated rings. The molecular weight excluding hydrogens is 959 g/mol. The van der Waals surface area contributed by atoms with Gasteiger partial charge >= 0.3 is 0 Å². The van der Waals surface area contributed by atoms with Gasteiger partial charge in [0.05, 0.1) is 25.7 Å². The third-order valence-electron chi connectivity index (χ3n) is 11.2. The van der Waals surface area contributed by atoms with E-state index in [9.17, 15) is 53.1 Å². The molecule has 23 nitrogen and oxygen atoms in total. The molecule has 384 valence electrons. The fourth-order valence-corrected chi connectivity index (χ4v) is 11.1. The Morgan fingerprint density at radius 3 is 2.16 bits per heavy atom. The summed E-state index contributed by atoms with van der Waals surface area (Å²) in [5, 5.41) is 28.7. The van der Waals surface area contributed by atoms with E-state index in [1.165, 1.54) is 32.4 Å². The molecule has 2 aliphatic heterocycles. The molecule has 0 unspecified atom stereocenters. The first kappa shape index (κ1) is 58.0. The van der Waals surface area contributed by atoms with Gasteiger partial charge in [-0.2, -0.15) is 0 Å². The highest BCUT2D eigenvalue weighted by Crippen LogP contribution is 2.36. The van der Waals surface area contributed by atoms with Crippen molar-refractivity contribution in [3.05, 3.63) is 29.8 Å². The van der Waals surface area contributed by atoms with Crippen LogP contribution in [0, 0.1) is 5.92 Å². The number of ether oxygens (including phenoxy) is 1. The van der Waals surface area contributed by atoms with Crippen LogP contribution in [0.1, 0.15) is 78.2 Å². The zero-order valence-electron chi connectivity index (χ0n) is 39.2. The third-order valence-corrected chi connectivity index (χ3v) is 15.4. The number of hydrogen-bond donors (Lipinski definition) is 11. The van der Waals surface area contributed by atoms with E-state index in [0.29, 0.717) is 37.2 Å². The predicted octanol–water partition coefficient (Wildman–Crippen LogP) is -2.40. The van der Waals surface area contributed by atoms with Crippen LogP contribution in [0.2, 0.25) is 0 Å². The average Bonchev–Trinajstić information content (AvgIpc) is 3.80. The van der Waals surface area contributed by atoms with Crippen LogP contribution in [0.15, 0.2) is 24.3 Å². The van der Waals surface area contributed by atoms with Gasteiger partial charge in [-0.05, 0) is 79.5 Å². The number of hydrogen-bond acceptors (Lipinski definition) is 16. The molecule has 69 heavy (non-hydrogen) atoms. The highest BCUT2D eigenvalue weighted by molar-refractivity contribution is 9.09. The van der Waals surface area contributed by atoms with Gasteiger partial charge in [0.1, 0.15) is 48.0 Å². The quantitative estimate of drug-likeness (QED) is 0.0683. The first-order valence-corrected chi connectivity index (χ1v) is 26.6. The minimum Gasteiger partial charge on any atom is -0.494 e. The van der Waals surface area contributed by atoms with Crippen molar-refractivity contribution in [2.24, 2.45) is 23.1 Å². The molecule has 0 radical (unpaired) electrons. The maximum atomic E-state index is 14.4. The van der Waals surface area contributed by atoms with Crippen LogP contribution < -0.4 is 59.2 Å². The Kier molecular flexibility index (Phi) is 24.9. The maximum Gasteiger partial charge on any atom is 0.246 e. The first-order chi connectivity index (χ1) is 32.8. The highest BCUT2D eigenvalue weighted by atomic mass is 33.5. The number of primary amides is 2. The second-order valence-electron chi connectivity index (χ2n) is 16.6. The van der Waals surface area contributed by atoms with Gasteiger partial charge in [0.15, 0.2) is 0 Å². The molecule has 9 atom stereocenters. The van der Waals surface area contributed by atoms with Crippen molar-refractivity contribution in [1.29, 1.82) is 0 Å². The Morgan fingerprint density at radius 2 is 1.54 bits per heavy atom. The van der Waals surface area contributed by atoms with Crippen molar-refractivity contribution >= 4 is 90.5 Å². The number of nitrogens with two attached hydrogens (primary N) is 3. The summed E-state index contributed by atoms with van der Waals surface area (Å²) in [7, 11) is 3.57. The molecule has 3 rings (SSSR count). The maximum absolute atomic E-state index is 14.4. The van der Waals surface area contributed by atoms with E-state index in [1.807, 2.05) is 6.92 Å². The lowest BCUT2D eigenvalue weighted by Crippen LogP contribution is -2.63. The summed E-state index contributed by atoms with van der Waals surface area (Å²) in [6.07, 6.45) is -0.975. The lowest BCUT2D eigenvalue weighted by atomic mass is 9.96. The standard InChI is InChI=1S/C43H67N11O12S3/c1-5-23(3)35-41(63)53-36(24(4)55)42(64)50-29(20-32(45)56)38(60)51-30(43(65)54-17-8-10-31(54)40(62)49-27(9-7-16-44)37(59)47-21-33(46)57)22-68-69-67-18-15-34(58)48-28(39(61)52-35)19-25-11-13-26(14-12-25)66-6-2/h11-14,23-24,27-31,35-36,55H,5-10,15-22,44H2,1-4H3,(H2,45,56)(H2,46,57)(H,47,59)(H,48,58)(H,49,62)(H,50,64)(H,51,60)(H,52,61)(H,53,63)/t23-,24+,27-,28+,29-,30-,31-,35-,36-/m0/s1. The van der Waals surface area contributed by atoms with Gasteiger partial charge in [0.25, 0.3) is 0 Å². The number of carbonyl (C=O) groups is 10. The van der Waals surface area contributed by atoms with Crippen molar-refractivity contribution < 1.29 is 57.8 Å². The van der Waals surface area contributed by atoms with Crippen LogP contribution in [0.3, 0.4) is 0 Å². The Hall–Kier alpha value is -5.31. The smallest absolute Gasteiger partial charge is 0.246 e. The van der Waals surface area contributed by atoms with E-state index in [-0.39, 0.29) is 50.3 Å². The minimum absolute atomic E-state index is 0.0354. The number of nitrogens with zero attached hydrogens (tertiary/aromatic N) is 1. The van der Waals surface area contributed by atoms with Crippen LogP contribution in [0.4, 0.5) is 0 Å². The Morgan fingerprint density at radius 1 is 0.870 bits per heavy atom. The molecule has 0 spiro atoms. The molecule has 2 aliphatic rings. The van der Waals surface area contributed by atoms with Crippen LogP contribution in [-0.2, 0) is 54.4 Å². The predicted molar refractivity (Wildman–Crippen MR) is 260 cm³/mol. The van der Waals surface area contributed by atoms with Crippen molar-refractivity contribution in [2.75, 3.05) is 37.7 Å². The number of rotatable bonds is 18. The van der Waals surface area contributed by atoms with Gasteiger partial charge in [-0.25, -0.2) is 0 Å². The van der Waals surface area contributed by atoms with Gasteiger partial charge in [-0.15, -0.1) is 0 Å². The second-order valence-corrected chi connectivity index (χ2v) is 21.0. The normalized spacial score (nSPS) is 23.8. The summed E-state index contributed by atoms with van der Waals surface area (Å²) >= 11 is 0. The topological polar surface area (TPSA) is 366 Å². The number of amides is 10. The average molecular weight is 1030 g/mol. The van der Waals surface area contributed by atoms with Crippen LogP contribution >= 0.6 is 31.4 Å². The fraction of sp³-hybridized carbons (Fsp3) is 0.628. The second kappa shape index (κ2) is 29.7. The molecule has 1 aromatic carbocycles. The zero-order chi connectivity index (χ0) is 51.2. The van der Waals surface area contributed by atoms with E-state index >= 15 is 0 Å². The molecule has 2 saturated heterocycles. The fourth-order valence-electron chi connectivity index (χ4n) is 7.28. The molecule has 2 heterocycles. The summed E-state index contributed by atoms with van der Waals surface area (Å²) in [5.74, 6) is -7.89. The Bertz CT molecular complexity index is 1970. The van der Waals surface area contributed by atoms with Crippen molar-refractivity contribution in [1.82, 2.24) is 42.1 Å². The lowest BCUT2D eigenvalue weighted by molar-refractivity contribution is -0.142. The van der Waals surface area contributed by atoms with E-state index in [4.69, 9.17) is 21.9 Å². The van der Waals surface area contributed by atoms with Crippen molar-refractivity contribution in [2.45, 2.75) is 127 Å². The molecule has 26 heteroatoms. The first-order valence-electron chi connectivity index (χ1n) is 22.8. The van der Waals surface area contributed by atoms with E-state index < -0.39 is 126 Å². The van der Waals surface area contributed by atoms with E-state index in [2.05, 4.69) is 37.2 Å². The molecule has 0 bridgehead atoms. The molecule has 0 aromatic heterocycles. The Labute approximate surface area is 412 Å². The molecule has 14 N–H and O–H groups in total. The molecule has 0 aliphatic carbocycles. The van der Waals surface area contributed by atoms with Crippen LogP contribution in [0.25, 0.3) is 0 Å². The minimum atomic E-state index is -1.74. The lowest BCUT2D eigenvalue weighted by Gasteiger charge is -2.31. The van der Waals surface area contributed by atoms with E-state index in [1.54, 1.807) is 38.1 Å². The number of likely N-dealkylation sites (tertiary alicyclic amines) is 1. The van der Waals surface area contributed by atoms with Crippen molar-refractivity contribution in [3.63, 3.8) is 0 Å². The number of aliphatic hydroxyl groups is 1. The number of nitrogens with one attached hydrogen (secondary N) is 7. The van der Waals surface area contributed by atoms with Gasteiger partial charge in [-0.3, -0.25) is 47.9 Å². The van der Waals surface area contributed by atoms with Crippen molar-refractivity contribution in [3.8, 4) is 5.75 Å². The number of carbonyl (C=O) groups excluding carboxylic acids is 10. The summed E-state index contributed by atoms with van der Waals surface area (Å²) in [6.45, 7) is 6.74. The third kappa shape index (κ3) is 19.2. The molecule has 10 amide bonds. The summed E-state index contributed by atoms with van der Waals surface area (Å²) in [6, 6.07) is -2.55. The largest absolute Gasteiger partial charge is 0.494 e. The molecule has 0 saturated carbocycles. The van der Waals surface area contributed by atoms with Gasteiger partial charge in [0.2, 0.25) is 59.1 Å². The van der Waals surface area contributed by atoms with E-state index in [0.717, 1.165) is 10.8 Å². The summed E-state index contributed by atoms with van der Waals surface area (Å²) in [4.78, 5) is 135. The van der Waals surface area contributed by atoms with Gasteiger partial charge in [0, 0.05) is 30.9 Å². The van der Waals surface area contributed by atoms with Gasteiger partial charge in [-0.1, -0.05) is 54.0 Å². The number of aliphatic hydroxyl groups excluding tert-OH is 1. The molecular formula is C43H67N11O12S3. The zero-order valence-corrected chi connectivity index (χ0v) is 41.7. The molecule has 1 aromatic rings. The highest BCUT2D eigenvalue weighted by Gasteiger charge is 2.41. The Balaban J connectivity index is 1.98. The SMILES string of the molecule is CCOc1ccc(C[C@H]2NC(=O)CCSSSC[C@@H](C(=O)N3CCC[C@H]3C(=O)N[C@@H](CCCN)C(=O)NCC(N)=O)NC(=O)[C@H](CC(N)=O)NC(=O)[C@H]([C@@H](C)O)NC(=O)[C@H]([C@@H](C)CC)NC2=O)cc1. The summed E-state index contributed by atoms with van der Waals surface area (Å²) in [5.41, 5.74) is 17.0. The van der Waals surface area contributed by atoms with Crippen LogP contribution in [-0.4, -0.2) is 155 Å². The van der Waals surface area contributed by atoms with Gasteiger partial charge < -0.3 is 69.2 Å². The monoisotopic (exact) mass is 1030 g/mol.